The quantitative estimate of drug-likeness (QED) is 0.634. The van der Waals surface area contributed by atoms with E-state index in [1.807, 2.05) is 0 Å². The van der Waals surface area contributed by atoms with Crippen molar-refractivity contribution < 1.29 is 0 Å². The zero-order chi connectivity index (χ0) is 11.8. The zero-order valence-electron chi connectivity index (χ0n) is 10.7. The summed E-state index contributed by atoms with van der Waals surface area (Å²) < 4.78 is 0. The van der Waals surface area contributed by atoms with Crippen LogP contribution >= 0.6 is 0 Å². The van der Waals surface area contributed by atoms with E-state index in [1.165, 1.54) is 22.3 Å². The van der Waals surface area contributed by atoms with Gasteiger partial charge in [0.15, 0.2) is 0 Å². The first-order valence-corrected chi connectivity index (χ1v) is 5.96. The van der Waals surface area contributed by atoms with Crippen molar-refractivity contribution in [3.8, 4) is 0 Å². The number of allylic oxidation sites excluding steroid dienone is 4. The third-order valence-electron chi connectivity index (χ3n) is 3.44. The highest BCUT2D eigenvalue weighted by atomic mass is 14.3. The normalized spacial score (nSPS) is 18.4. The number of hydrogen-bond donors (Lipinski definition) is 0. The molecule has 0 fully saturated rings. The molecule has 0 radical (unpaired) electrons. The molecule has 0 nitrogen and oxygen atoms in total. The summed E-state index contributed by atoms with van der Waals surface area (Å²) in [7, 11) is 0. The monoisotopic (exact) mass is 212 g/mol. The standard InChI is InChI=1S/C16H20/c1-12-8-9-13(2)14(11-12)15-7-5-6-10-16(15,3)4/h5-9,11H,10H2,1-4H3. The van der Waals surface area contributed by atoms with E-state index in [2.05, 4.69) is 64.1 Å². The van der Waals surface area contributed by atoms with Crippen LogP contribution < -0.4 is 0 Å². The molecule has 0 amide bonds. The number of rotatable bonds is 1. The molecule has 2 rings (SSSR count). The molecular formula is C16H20. The smallest absolute Gasteiger partial charge is 0.00630 e. The molecule has 1 aromatic rings. The van der Waals surface area contributed by atoms with Gasteiger partial charge in [0.1, 0.15) is 0 Å². The summed E-state index contributed by atoms with van der Waals surface area (Å²) in [4.78, 5) is 0. The van der Waals surface area contributed by atoms with E-state index in [4.69, 9.17) is 0 Å². The van der Waals surface area contributed by atoms with Gasteiger partial charge >= 0.3 is 0 Å². The van der Waals surface area contributed by atoms with E-state index in [-0.39, 0.29) is 5.41 Å². The topological polar surface area (TPSA) is 0 Å². The van der Waals surface area contributed by atoms with E-state index >= 15 is 0 Å². The maximum atomic E-state index is 2.32. The Kier molecular flexibility index (Phi) is 2.75. The highest BCUT2D eigenvalue weighted by Gasteiger charge is 2.25. The van der Waals surface area contributed by atoms with Gasteiger partial charge in [-0.05, 0) is 42.4 Å². The van der Waals surface area contributed by atoms with E-state index in [0.29, 0.717) is 0 Å². The summed E-state index contributed by atoms with van der Waals surface area (Å²) in [6, 6.07) is 6.72. The lowest BCUT2D eigenvalue weighted by Crippen LogP contribution is -2.15. The molecule has 0 unspecified atom stereocenters. The minimum absolute atomic E-state index is 0.257. The summed E-state index contributed by atoms with van der Waals surface area (Å²) >= 11 is 0. The Labute approximate surface area is 98.7 Å². The van der Waals surface area contributed by atoms with Gasteiger partial charge in [-0.15, -0.1) is 0 Å². The Morgan fingerprint density at radius 2 is 1.88 bits per heavy atom. The van der Waals surface area contributed by atoms with E-state index < -0.39 is 0 Å². The number of benzene rings is 1. The summed E-state index contributed by atoms with van der Waals surface area (Å²) in [6.45, 7) is 9.01. The molecule has 0 spiro atoms. The minimum Gasteiger partial charge on any atom is -0.0837 e. The molecule has 1 aliphatic carbocycles. The van der Waals surface area contributed by atoms with E-state index in [9.17, 15) is 0 Å². The fourth-order valence-corrected chi connectivity index (χ4v) is 2.34. The van der Waals surface area contributed by atoms with Crippen molar-refractivity contribution in [3.05, 3.63) is 53.1 Å². The molecule has 0 aromatic heterocycles. The second kappa shape index (κ2) is 3.93. The Hall–Kier alpha value is -1.30. The fourth-order valence-electron chi connectivity index (χ4n) is 2.34. The summed E-state index contributed by atoms with van der Waals surface area (Å²) in [5.41, 5.74) is 5.85. The molecule has 0 saturated heterocycles. The molecule has 0 heterocycles. The second-order valence-corrected chi connectivity index (χ2v) is 5.41. The van der Waals surface area contributed by atoms with Crippen LogP contribution in [0.15, 0.2) is 36.4 Å². The van der Waals surface area contributed by atoms with Crippen molar-refractivity contribution in [3.63, 3.8) is 0 Å². The molecule has 0 N–H and O–H groups in total. The fraction of sp³-hybridized carbons (Fsp3) is 0.375. The Balaban J connectivity index is 2.55. The highest BCUT2D eigenvalue weighted by Crippen LogP contribution is 2.41. The average molecular weight is 212 g/mol. The van der Waals surface area contributed by atoms with Gasteiger partial charge in [0, 0.05) is 0 Å². The van der Waals surface area contributed by atoms with Crippen molar-refractivity contribution in [2.75, 3.05) is 0 Å². The maximum Gasteiger partial charge on any atom is -0.00630 e. The van der Waals surface area contributed by atoms with Crippen molar-refractivity contribution in [2.45, 2.75) is 34.1 Å². The van der Waals surface area contributed by atoms with Crippen LogP contribution in [0.25, 0.3) is 5.57 Å². The lowest BCUT2D eigenvalue weighted by molar-refractivity contribution is 0.505. The van der Waals surface area contributed by atoms with Crippen LogP contribution in [-0.2, 0) is 0 Å². The molecule has 0 atom stereocenters. The molecule has 16 heavy (non-hydrogen) atoms. The predicted octanol–water partition coefficient (Wildman–Crippen LogP) is 4.67. The van der Waals surface area contributed by atoms with Gasteiger partial charge < -0.3 is 0 Å². The van der Waals surface area contributed by atoms with Gasteiger partial charge in [0.25, 0.3) is 0 Å². The molecule has 0 bridgehead atoms. The van der Waals surface area contributed by atoms with Gasteiger partial charge in [-0.3, -0.25) is 0 Å². The SMILES string of the molecule is Cc1ccc(C)c(C2=CC=CCC2(C)C)c1. The molecule has 1 aliphatic rings. The van der Waals surface area contributed by atoms with Crippen molar-refractivity contribution in [1.29, 1.82) is 0 Å². The Morgan fingerprint density at radius 3 is 2.56 bits per heavy atom. The summed E-state index contributed by atoms with van der Waals surface area (Å²) in [6.07, 6.45) is 7.84. The van der Waals surface area contributed by atoms with Crippen molar-refractivity contribution in [2.24, 2.45) is 5.41 Å². The molecule has 0 aliphatic heterocycles. The van der Waals surface area contributed by atoms with Crippen LogP contribution in [-0.4, -0.2) is 0 Å². The molecule has 0 heteroatoms. The van der Waals surface area contributed by atoms with Crippen LogP contribution in [0.1, 0.15) is 37.0 Å². The second-order valence-electron chi connectivity index (χ2n) is 5.41. The Morgan fingerprint density at radius 1 is 1.12 bits per heavy atom. The largest absolute Gasteiger partial charge is 0.0837 e. The first-order valence-electron chi connectivity index (χ1n) is 5.96. The van der Waals surface area contributed by atoms with Gasteiger partial charge in [-0.2, -0.15) is 0 Å². The molecule has 0 saturated carbocycles. The number of aryl methyl sites for hydroxylation is 2. The van der Waals surface area contributed by atoms with Crippen molar-refractivity contribution in [1.82, 2.24) is 0 Å². The lowest BCUT2D eigenvalue weighted by Gasteiger charge is -2.30. The van der Waals surface area contributed by atoms with Crippen LogP contribution in [0.2, 0.25) is 0 Å². The minimum atomic E-state index is 0.257. The molecule has 1 aromatic carbocycles. The first kappa shape index (κ1) is 11.2. The van der Waals surface area contributed by atoms with Crippen LogP contribution in [0, 0.1) is 19.3 Å². The van der Waals surface area contributed by atoms with E-state index in [0.717, 1.165) is 6.42 Å². The van der Waals surface area contributed by atoms with Gasteiger partial charge in [-0.1, -0.05) is 55.8 Å². The molecule has 84 valence electrons. The van der Waals surface area contributed by atoms with Crippen LogP contribution in [0.3, 0.4) is 0 Å². The van der Waals surface area contributed by atoms with Crippen LogP contribution in [0.4, 0.5) is 0 Å². The summed E-state index contributed by atoms with van der Waals surface area (Å²) in [5.74, 6) is 0. The third-order valence-corrected chi connectivity index (χ3v) is 3.44. The maximum absolute atomic E-state index is 2.32. The predicted molar refractivity (Wildman–Crippen MR) is 71.4 cm³/mol. The molecular weight excluding hydrogens is 192 g/mol. The highest BCUT2D eigenvalue weighted by molar-refractivity contribution is 5.74. The third kappa shape index (κ3) is 1.97. The first-order chi connectivity index (χ1) is 7.50. The average Bonchev–Trinajstić information content (AvgIpc) is 2.22. The lowest BCUT2D eigenvalue weighted by atomic mass is 9.74. The number of hydrogen-bond acceptors (Lipinski definition) is 0. The van der Waals surface area contributed by atoms with Gasteiger partial charge in [0.2, 0.25) is 0 Å². The van der Waals surface area contributed by atoms with E-state index in [1.54, 1.807) is 0 Å². The van der Waals surface area contributed by atoms with Crippen molar-refractivity contribution >= 4 is 5.57 Å². The van der Waals surface area contributed by atoms with Crippen LogP contribution in [0.5, 0.6) is 0 Å². The Bertz CT molecular complexity index is 459. The van der Waals surface area contributed by atoms with Gasteiger partial charge in [0.05, 0.1) is 0 Å². The summed E-state index contributed by atoms with van der Waals surface area (Å²) in [5, 5.41) is 0. The zero-order valence-corrected chi connectivity index (χ0v) is 10.7. The van der Waals surface area contributed by atoms with Gasteiger partial charge in [-0.25, -0.2) is 0 Å².